The molecule has 2 heteroatoms. The van der Waals surface area contributed by atoms with Crippen molar-refractivity contribution >= 4 is 11.8 Å². The van der Waals surface area contributed by atoms with Gasteiger partial charge in [0.05, 0.1) is 6.10 Å². The highest BCUT2D eigenvalue weighted by atomic mass is 32.2. The van der Waals surface area contributed by atoms with Crippen LogP contribution in [0.4, 0.5) is 0 Å². The Morgan fingerprint density at radius 1 is 0.850 bits per heavy atom. The van der Waals surface area contributed by atoms with Crippen LogP contribution in [0.3, 0.4) is 0 Å². The normalized spacial score (nSPS) is 12.6. The van der Waals surface area contributed by atoms with Crippen molar-refractivity contribution in [3.63, 3.8) is 0 Å². The molecular weight excluding hydrogens is 264 g/mol. The Hall–Kier alpha value is -1.25. The zero-order chi connectivity index (χ0) is 14.4. The lowest BCUT2D eigenvalue weighted by Crippen LogP contribution is -2.02. The number of benzene rings is 2. The molecule has 0 bridgehead atoms. The van der Waals surface area contributed by atoms with Crippen molar-refractivity contribution in [1.29, 1.82) is 0 Å². The molecule has 0 aliphatic heterocycles. The fourth-order valence-corrected chi connectivity index (χ4v) is 3.06. The van der Waals surface area contributed by atoms with Crippen molar-refractivity contribution in [2.75, 3.05) is 11.5 Å². The van der Waals surface area contributed by atoms with Crippen molar-refractivity contribution in [3.05, 3.63) is 60.2 Å². The van der Waals surface area contributed by atoms with E-state index in [1.807, 2.05) is 42.1 Å². The molecule has 1 unspecified atom stereocenters. The van der Waals surface area contributed by atoms with Crippen LogP contribution in [0.1, 0.15) is 25.5 Å². The van der Waals surface area contributed by atoms with Gasteiger partial charge in [0, 0.05) is 5.75 Å². The molecule has 0 radical (unpaired) electrons. The van der Waals surface area contributed by atoms with Crippen LogP contribution >= 0.6 is 11.8 Å². The fraction of sp³-hybridized carbons (Fsp3) is 0.333. The highest BCUT2D eigenvalue weighted by molar-refractivity contribution is 7.99. The second-order valence-corrected chi connectivity index (χ2v) is 6.51. The van der Waals surface area contributed by atoms with E-state index in [2.05, 4.69) is 38.1 Å². The zero-order valence-electron chi connectivity index (χ0n) is 12.1. The van der Waals surface area contributed by atoms with Gasteiger partial charge in [-0.15, -0.1) is 0 Å². The Morgan fingerprint density at radius 3 is 2.05 bits per heavy atom. The smallest absolute Gasteiger partial charge is 0.0880 e. The molecule has 106 valence electrons. The van der Waals surface area contributed by atoms with Gasteiger partial charge >= 0.3 is 0 Å². The van der Waals surface area contributed by atoms with E-state index in [1.165, 1.54) is 11.1 Å². The third-order valence-corrected chi connectivity index (χ3v) is 4.58. The Bertz CT molecular complexity index is 505. The molecule has 2 aromatic carbocycles. The Balaban J connectivity index is 1.97. The summed E-state index contributed by atoms with van der Waals surface area (Å²) in [4.78, 5) is 0. The highest BCUT2D eigenvalue weighted by Gasteiger charge is 2.08. The van der Waals surface area contributed by atoms with E-state index in [0.717, 1.165) is 17.1 Å². The fourth-order valence-electron chi connectivity index (χ4n) is 2.04. The van der Waals surface area contributed by atoms with Crippen molar-refractivity contribution < 1.29 is 5.11 Å². The van der Waals surface area contributed by atoms with Crippen LogP contribution in [-0.2, 0) is 0 Å². The summed E-state index contributed by atoms with van der Waals surface area (Å²) in [5.74, 6) is 2.54. The monoisotopic (exact) mass is 286 g/mol. The minimum Gasteiger partial charge on any atom is -0.388 e. The minimum atomic E-state index is -0.372. The average molecular weight is 286 g/mol. The number of hydrogen-bond acceptors (Lipinski definition) is 2. The van der Waals surface area contributed by atoms with E-state index in [9.17, 15) is 5.11 Å². The van der Waals surface area contributed by atoms with E-state index in [-0.39, 0.29) is 6.10 Å². The second kappa shape index (κ2) is 7.51. The molecule has 0 aliphatic rings. The molecule has 1 nitrogen and oxygen atoms in total. The summed E-state index contributed by atoms with van der Waals surface area (Å²) in [5, 5.41) is 10.2. The van der Waals surface area contributed by atoms with Gasteiger partial charge in [-0.2, -0.15) is 11.8 Å². The maximum absolute atomic E-state index is 10.2. The number of hydrogen-bond donors (Lipinski definition) is 1. The zero-order valence-corrected chi connectivity index (χ0v) is 12.9. The third-order valence-electron chi connectivity index (χ3n) is 3.13. The highest BCUT2D eigenvalue weighted by Crippen LogP contribution is 2.24. The lowest BCUT2D eigenvalue weighted by atomic mass is 10.0. The van der Waals surface area contributed by atoms with Gasteiger partial charge in [0.15, 0.2) is 0 Å². The summed E-state index contributed by atoms with van der Waals surface area (Å²) in [6, 6.07) is 18.5. The van der Waals surface area contributed by atoms with Crippen molar-refractivity contribution in [3.8, 4) is 11.1 Å². The standard InChI is InChI=1S/C18H22OS/c1-14(2)12-20-13-18(19)17-10-8-16(9-11-17)15-6-4-3-5-7-15/h3-11,14,18-19H,12-13H2,1-2H3. The Labute approximate surface area is 126 Å². The van der Waals surface area contributed by atoms with E-state index in [0.29, 0.717) is 5.92 Å². The van der Waals surface area contributed by atoms with Crippen molar-refractivity contribution in [1.82, 2.24) is 0 Å². The molecule has 0 aromatic heterocycles. The van der Waals surface area contributed by atoms with Gasteiger partial charge in [-0.25, -0.2) is 0 Å². The van der Waals surface area contributed by atoms with Crippen LogP contribution in [0.2, 0.25) is 0 Å². The molecule has 1 atom stereocenters. The average Bonchev–Trinajstić information content (AvgIpc) is 2.48. The molecule has 0 amide bonds. The first-order valence-corrected chi connectivity index (χ1v) is 8.23. The van der Waals surface area contributed by atoms with Gasteiger partial charge in [0.2, 0.25) is 0 Å². The van der Waals surface area contributed by atoms with E-state index in [4.69, 9.17) is 0 Å². The molecule has 0 saturated heterocycles. The van der Waals surface area contributed by atoms with Gasteiger partial charge in [-0.3, -0.25) is 0 Å². The molecule has 0 spiro atoms. The number of thioether (sulfide) groups is 1. The van der Waals surface area contributed by atoms with Crippen LogP contribution in [0.15, 0.2) is 54.6 Å². The van der Waals surface area contributed by atoms with Gasteiger partial charge in [-0.05, 0) is 28.4 Å². The molecule has 0 fully saturated rings. The predicted octanol–water partition coefficient (Wildman–Crippen LogP) is 4.78. The van der Waals surface area contributed by atoms with E-state index >= 15 is 0 Å². The molecule has 2 rings (SSSR count). The van der Waals surface area contributed by atoms with Gasteiger partial charge in [0.1, 0.15) is 0 Å². The summed E-state index contributed by atoms with van der Waals surface area (Å²) in [6.45, 7) is 4.40. The van der Waals surface area contributed by atoms with Crippen LogP contribution in [0.5, 0.6) is 0 Å². The first kappa shape index (κ1) is 15.1. The maximum atomic E-state index is 10.2. The van der Waals surface area contributed by atoms with Crippen LogP contribution in [0.25, 0.3) is 11.1 Å². The van der Waals surface area contributed by atoms with Gasteiger partial charge in [-0.1, -0.05) is 68.4 Å². The Kier molecular flexibility index (Phi) is 5.69. The summed E-state index contributed by atoms with van der Waals surface area (Å²) in [6.07, 6.45) is -0.372. The first-order chi connectivity index (χ1) is 9.66. The molecule has 20 heavy (non-hydrogen) atoms. The first-order valence-electron chi connectivity index (χ1n) is 7.08. The quantitative estimate of drug-likeness (QED) is 0.825. The molecule has 1 N–H and O–H groups in total. The van der Waals surface area contributed by atoms with Crippen molar-refractivity contribution in [2.45, 2.75) is 20.0 Å². The summed E-state index contributed by atoms with van der Waals surface area (Å²) >= 11 is 1.81. The molecular formula is C18H22OS. The van der Waals surface area contributed by atoms with Crippen LogP contribution in [-0.4, -0.2) is 16.6 Å². The van der Waals surface area contributed by atoms with Crippen LogP contribution < -0.4 is 0 Å². The lowest BCUT2D eigenvalue weighted by Gasteiger charge is -2.12. The molecule has 0 aliphatic carbocycles. The lowest BCUT2D eigenvalue weighted by molar-refractivity contribution is 0.204. The number of aliphatic hydroxyl groups is 1. The molecule has 0 heterocycles. The summed E-state index contributed by atoms with van der Waals surface area (Å²) in [7, 11) is 0. The van der Waals surface area contributed by atoms with Gasteiger partial charge in [0.25, 0.3) is 0 Å². The third kappa shape index (κ3) is 4.39. The van der Waals surface area contributed by atoms with Crippen LogP contribution in [0, 0.1) is 5.92 Å². The largest absolute Gasteiger partial charge is 0.388 e. The Morgan fingerprint density at radius 2 is 1.45 bits per heavy atom. The maximum Gasteiger partial charge on any atom is 0.0880 e. The van der Waals surface area contributed by atoms with E-state index < -0.39 is 0 Å². The minimum absolute atomic E-state index is 0.372. The van der Waals surface area contributed by atoms with E-state index in [1.54, 1.807) is 0 Å². The molecule has 0 saturated carbocycles. The molecule has 2 aromatic rings. The number of rotatable bonds is 6. The number of aliphatic hydroxyl groups excluding tert-OH is 1. The summed E-state index contributed by atoms with van der Waals surface area (Å²) in [5.41, 5.74) is 3.40. The summed E-state index contributed by atoms with van der Waals surface area (Å²) < 4.78 is 0. The predicted molar refractivity (Wildman–Crippen MR) is 89.0 cm³/mol. The van der Waals surface area contributed by atoms with Gasteiger partial charge < -0.3 is 5.11 Å². The second-order valence-electron chi connectivity index (χ2n) is 5.44. The topological polar surface area (TPSA) is 20.2 Å². The SMILES string of the molecule is CC(C)CSCC(O)c1ccc(-c2ccccc2)cc1. The van der Waals surface area contributed by atoms with Crippen molar-refractivity contribution in [2.24, 2.45) is 5.92 Å².